The fourth-order valence-electron chi connectivity index (χ4n) is 6.33. The van der Waals surface area contributed by atoms with E-state index in [2.05, 4.69) is 47.0 Å². The van der Waals surface area contributed by atoms with Crippen molar-refractivity contribution in [2.75, 3.05) is 158 Å². The second-order valence-corrected chi connectivity index (χ2v) is 16.4. The van der Waals surface area contributed by atoms with E-state index in [4.69, 9.17) is 62.8 Å². The van der Waals surface area contributed by atoms with Gasteiger partial charge in [0.2, 0.25) is 0 Å². The Labute approximate surface area is 381 Å². The van der Waals surface area contributed by atoms with Crippen molar-refractivity contribution >= 4 is 33.7 Å². The molecule has 17 heteroatoms. The quantitative estimate of drug-likeness (QED) is 0.0529. The third kappa shape index (κ3) is 26.8. The molecule has 2 aromatic heterocycles. The van der Waals surface area contributed by atoms with E-state index >= 15 is 0 Å². The lowest BCUT2D eigenvalue weighted by atomic mass is 10.0. The van der Waals surface area contributed by atoms with Crippen molar-refractivity contribution in [3.63, 3.8) is 0 Å². The van der Waals surface area contributed by atoms with Crippen LogP contribution in [-0.4, -0.2) is 184 Å². The Kier molecular flexibility index (Phi) is 30.4. The molecule has 0 aliphatic carbocycles. The number of pyridine rings is 1. The minimum absolute atomic E-state index is 0.230. The largest absolute Gasteiger partial charge is 0.460 e. The van der Waals surface area contributed by atoms with Gasteiger partial charge < -0.3 is 67.7 Å². The molecule has 0 bridgehead atoms. The molecular weight excluding hydrogens is 827 g/mol. The summed E-state index contributed by atoms with van der Waals surface area (Å²) < 4.78 is 60.6. The van der Waals surface area contributed by atoms with E-state index < -0.39 is 5.60 Å². The molecule has 0 fully saturated rings. The van der Waals surface area contributed by atoms with Gasteiger partial charge in [-0.1, -0.05) is 31.9 Å². The minimum Gasteiger partial charge on any atom is -0.460 e. The maximum absolute atomic E-state index is 11.6. The zero-order valence-electron chi connectivity index (χ0n) is 39.8. The number of nitrogens with one attached hydrogen (secondary N) is 1. The number of benzene rings is 1. The first-order valence-corrected chi connectivity index (χ1v) is 23.4. The van der Waals surface area contributed by atoms with Crippen molar-refractivity contribution < 1.29 is 56.9 Å². The molecule has 0 atom stereocenters. The summed E-state index contributed by atoms with van der Waals surface area (Å²) in [6.45, 7) is 19.6. The lowest BCUT2D eigenvalue weighted by molar-refractivity contribution is -0.156. The maximum atomic E-state index is 11.6. The van der Waals surface area contributed by atoms with E-state index in [1.54, 1.807) is 0 Å². The van der Waals surface area contributed by atoms with E-state index in [0.29, 0.717) is 138 Å². The zero-order chi connectivity index (χ0) is 45.9. The molecule has 0 aliphatic rings. The van der Waals surface area contributed by atoms with E-state index in [0.717, 1.165) is 79.4 Å². The number of aromatic nitrogens is 3. The number of imidazole rings is 1. The van der Waals surface area contributed by atoms with Gasteiger partial charge in [-0.15, -0.1) is 0 Å². The van der Waals surface area contributed by atoms with E-state index in [9.17, 15) is 4.79 Å². The van der Waals surface area contributed by atoms with E-state index in [1.165, 1.54) is 12.0 Å². The average Bonchev–Trinajstić information content (AvgIpc) is 3.70. The average molecular weight is 908 g/mol. The number of aryl methyl sites for hydroxylation is 2. The number of H-pyrrole nitrogens is 1. The van der Waals surface area contributed by atoms with Crippen molar-refractivity contribution in [2.24, 2.45) is 0 Å². The molecule has 0 amide bonds. The number of nitrogens with zero attached hydrogens (tertiary/aromatic N) is 3. The van der Waals surface area contributed by atoms with Gasteiger partial charge in [0.05, 0.1) is 150 Å². The summed E-state index contributed by atoms with van der Waals surface area (Å²) in [5, 5.41) is 1.08. The number of carbonyl (C=O) groups is 1. The van der Waals surface area contributed by atoms with Crippen LogP contribution in [0.15, 0.2) is 18.2 Å². The van der Waals surface area contributed by atoms with Gasteiger partial charge in [0.1, 0.15) is 16.9 Å². The van der Waals surface area contributed by atoms with Crippen LogP contribution in [0.25, 0.3) is 21.9 Å². The molecule has 2 heterocycles. The molecule has 0 saturated heterocycles. The number of rotatable bonds is 42. The fourth-order valence-corrected chi connectivity index (χ4v) is 6.33. The molecule has 0 saturated carbocycles. The van der Waals surface area contributed by atoms with Crippen molar-refractivity contribution in [1.29, 1.82) is 0 Å². The molecule has 3 aromatic rings. The number of carbonyl (C=O) groups excluding carboxylic acids is 1. The fraction of sp³-hybridized carbons (Fsp3) is 0.766. The monoisotopic (exact) mass is 908 g/mol. The van der Waals surface area contributed by atoms with Gasteiger partial charge in [0.15, 0.2) is 5.82 Å². The van der Waals surface area contributed by atoms with Gasteiger partial charge in [-0.3, -0.25) is 4.79 Å². The number of fused-ring (bicyclic) bond motifs is 3. The van der Waals surface area contributed by atoms with E-state index in [1.807, 2.05) is 20.8 Å². The second-order valence-electron chi connectivity index (χ2n) is 16.4. The summed E-state index contributed by atoms with van der Waals surface area (Å²) >= 11 is 0. The second kappa shape index (κ2) is 35.2. The first kappa shape index (κ1) is 55.3. The van der Waals surface area contributed by atoms with Gasteiger partial charge in [-0.05, 0) is 71.7 Å². The summed E-state index contributed by atoms with van der Waals surface area (Å²) in [5.74, 6) is 1.21. The molecular formula is C47H81N5O12. The Balaban J connectivity index is 0.971. The zero-order valence-corrected chi connectivity index (χ0v) is 39.8. The Morgan fingerprint density at radius 2 is 1.09 bits per heavy atom. The highest BCUT2D eigenvalue weighted by molar-refractivity contribution is 6.06. The number of hydrogen-bond donors (Lipinski definition) is 2. The van der Waals surface area contributed by atoms with Crippen LogP contribution in [0.1, 0.15) is 77.6 Å². The van der Waals surface area contributed by atoms with Gasteiger partial charge in [0.25, 0.3) is 0 Å². The summed E-state index contributed by atoms with van der Waals surface area (Å²) in [4.78, 5) is 26.8. The van der Waals surface area contributed by atoms with Gasteiger partial charge in [-0.2, -0.15) is 0 Å². The predicted molar refractivity (Wildman–Crippen MR) is 248 cm³/mol. The third-order valence-corrected chi connectivity index (χ3v) is 9.68. The number of aromatic amines is 1. The molecule has 0 unspecified atom stereocenters. The van der Waals surface area contributed by atoms with Crippen LogP contribution >= 0.6 is 0 Å². The molecule has 0 radical (unpaired) electrons. The highest BCUT2D eigenvalue weighted by Crippen LogP contribution is 2.27. The lowest BCUT2D eigenvalue weighted by Crippen LogP contribution is -2.25. The molecule has 64 heavy (non-hydrogen) atoms. The Morgan fingerprint density at radius 1 is 0.609 bits per heavy atom. The first-order chi connectivity index (χ1) is 31.2. The van der Waals surface area contributed by atoms with Crippen molar-refractivity contribution in [3.05, 3.63) is 29.6 Å². The third-order valence-electron chi connectivity index (χ3n) is 9.68. The van der Waals surface area contributed by atoms with Crippen LogP contribution in [0, 0.1) is 0 Å². The highest BCUT2D eigenvalue weighted by atomic mass is 16.6. The minimum atomic E-state index is -0.477. The van der Waals surface area contributed by atoms with Gasteiger partial charge in [0, 0.05) is 18.4 Å². The number of anilines is 1. The lowest BCUT2D eigenvalue weighted by Gasteiger charge is -2.19. The molecule has 0 aliphatic heterocycles. The standard InChI is InChI=1S/C47H81N5O12/c1-6-7-12-42-50-44-40-14-13-39(38-41(40)49-46(48)45(44)51-42)11-9-8-10-16-52(5)17-19-55-21-23-57-25-27-59-29-31-61-33-35-63-37-36-62-34-32-60-30-28-58-26-24-56-22-20-54-18-15-43(53)64-47(2,3)4/h13-14,38H,6-12,15-37H2,1-5H3,(H2,48,49)(H,50,51). The molecule has 3 rings (SSSR count). The molecule has 17 nitrogen and oxygen atoms in total. The Bertz CT molecular complexity index is 1620. The molecule has 366 valence electrons. The van der Waals surface area contributed by atoms with Gasteiger partial charge in [-0.25, -0.2) is 9.97 Å². The maximum Gasteiger partial charge on any atom is 0.308 e. The topological polar surface area (TPSA) is 189 Å². The van der Waals surface area contributed by atoms with Crippen LogP contribution in [0.3, 0.4) is 0 Å². The van der Waals surface area contributed by atoms with Crippen LogP contribution in [-0.2, 0) is 69.7 Å². The molecule has 3 N–H and O–H groups in total. The predicted octanol–water partition coefficient (Wildman–Crippen LogP) is 5.58. The summed E-state index contributed by atoms with van der Waals surface area (Å²) in [6, 6.07) is 6.54. The molecule has 1 aromatic carbocycles. The van der Waals surface area contributed by atoms with Crippen molar-refractivity contribution in [2.45, 2.75) is 84.7 Å². The van der Waals surface area contributed by atoms with Crippen LogP contribution in [0.2, 0.25) is 0 Å². The SMILES string of the molecule is CCCCc1nc2c(N)nc3cc(CCCCCN(C)CCOCCOCCOCCOCCOCCOCCOCCOCCOCCOCCC(=O)OC(C)(C)C)ccc3c2[nH]1. The van der Waals surface area contributed by atoms with Crippen molar-refractivity contribution in [3.8, 4) is 0 Å². The van der Waals surface area contributed by atoms with Crippen LogP contribution in [0.4, 0.5) is 5.82 Å². The van der Waals surface area contributed by atoms with E-state index in [-0.39, 0.29) is 12.4 Å². The number of unbranched alkanes of at least 4 members (excludes halogenated alkanes) is 3. The van der Waals surface area contributed by atoms with Crippen LogP contribution < -0.4 is 5.73 Å². The summed E-state index contributed by atoms with van der Waals surface area (Å²) in [6.07, 6.45) is 7.87. The number of hydrogen-bond acceptors (Lipinski definition) is 16. The highest BCUT2D eigenvalue weighted by Gasteiger charge is 2.16. The number of likely N-dealkylation sites (N-methyl/N-ethyl adjacent to an activating group) is 1. The van der Waals surface area contributed by atoms with Crippen LogP contribution in [0.5, 0.6) is 0 Å². The number of ether oxygens (including phenoxy) is 11. The summed E-state index contributed by atoms with van der Waals surface area (Å²) in [5.41, 5.74) is 9.81. The number of nitrogen functional groups attached to an aromatic ring is 1. The van der Waals surface area contributed by atoms with Crippen molar-refractivity contribution in [1.82, 2.24) is 19.9 Å². The Hall–Kier alpha value is -3.07. The number of nitrogens with two attached hydrogens (primary N) is 1. The summed E-state index contributed by atoms with van der Waals surface area (Å²) in [7, 11) is 2.15. The van der Waals surface area contributed by atoms with Gasteiger partial charge >= 0.3 is 5.97 Å². The molecule has 0 spiro atoms. The Morgan fingerprint density at radius 3 is 1.58 bits per heavy atom. The first-order valence-electron chi connectivity index (χ1n) is 23.4. The number of esters is 1. The normalized spacial score (nSPS) is 12.1. The smallest absolute Gasteiger partial charge is 0.308 e.